The molecule has 400 valence electrons. The van der Waals surface area contributed by atoms with Crippen LogP contribution in [0, 0.1) is 20.2 Å². The standard InChI is InChI=1S/C25H28N6O3S.C19H29N5S2.C8H6BrNO3.H3P/c26-24-23(22(32)17-4-3-5-21(16-17)31(33)34)35-25(28-24)27-18-6-8-19(9-7-18)30-14-10-20(11-15-30)29-12-1-2-13-29;1-2-26-18(20)22-19(25)21-15-5-7-16(8-6-15)24-13-9-17(10-14-24)23-11-3-4-12-23;9-5-8(11)6-2-1-3-7(4-6)10(12)13;/h3-9,16,20H,1-2,10-15,26H2,(H,27,28);5-8,17H,2-4,9-14H2,1H3,(H3,20,21,22,25);1-4H,5H2;1H3. The van der Waals surface area contributed by atoms with Crippen LogP contribution < -0.4 is 31.9 Å². The number of Topliss-reactive ketones (excluding diaryl/α,β-unsaturated/α-hetero) is 1. The lowest BCUT2D eigenvalue weighted by Crippen LogP contribution is -2.43. The van der Waals surface area contributed by atoms with Crippen molar-refractivity contribution in [1.82, 2.24) is 14.8 Å². The van der Waals surface area contributed by atoms with Crippen LogP contribution in [0.15, 0.2) is 102 Å². The molecule has 5 aromatic rings. The molecular weight excluding hydrogens is 1100 g/mol. The Balaban J connectivity index is 0.000000201. The van der Waals surface area contributed by atoms with Crippen LogP contribution in [-0.4, -0.2) is 122 Å². The van der Waals surface area contributed by atoms with Gasteiger partial charge in [-0.1, -0.05) is 70.2 Å². The number of nitrogens with two attached hydrogens (primary N) is 2. The summed E-state index contributed by atoms with van der Waals surface area (Å²) in [6, 6.07) is 29.5. The molecule has 0 radical (unpaired) electrons. The number of nitro groups is 2. The molecule has 0 aliphatic carbocycles. The zero-order valence-corrected chi connectivity index (χ0v) is 47.6. The van der Waals surface area contributed by atoms with Crippen LogP contribution in [0.1, 0.15) is 83.9 Å². The zero-order chi connectivity index (χ0) is 52.6. The summed E-state index contributed by atoms with van der Waals surface area (Å²) in [4.78, 5) is 63.3. The highest BCUT2D eigenvalue weighted by atomic mass is 79.9. The number of thiocarbonyl (C=S) groups is 1. The van der Waals surface area contributed by atoms with Crippen LogP contribution >= 0.6 is 61.1 Å². The van der Waals surface area contributed by atoms with Gasteiger partial charge in [-0.3, -0.25) is 29.8 Å². The van der Waals surface area contributed by atoms with Crippen molar-refractivity contribution >= 4 is 128 Å². The fraction of sp³-hybridized carbons (Fsp3) is 0.404. The van der Waals surface area contributed by atoms with E-state index in [1.165, 1.54) is 143 Å². The van der Waals surface area contributed by atoms with Gasteiger partial charge in [0, 0.05) is 96.4 Å². The lowest BCUT2D eigenvalue weighted by Gasteiger charge is -2.37. The maximum Gasteiger partial charge on any atom is 0.270 e. The van der Waals surface area contributed by atoms with Gasteiger partial charge in [0.15, 0.2) is 21.2 Å². The number of nitrogens with one attached hydrogen (secondary N) is 2. The number of halogens is 1. The molecule has 4 saturated heterocycles. The fourth-order valence-electron chi connectivity index (χ4n) is 9.57. The number of aromatic nitrogens is 1. The molecule has 5 heterocycles. The smallest absolute Gasteiger partial charge is 0.270 e. The lowest BCUT2D eigenvalue weighted by atomic mass is 10.0. The molecule has 9 rings (SSSR count). The van der Waals surface area contributed by atoms with E-state index in [9.17, 15) is 29.8 Å². The first kappa shape index (κ1) is 58.6. The molecule has 0 bridgehead atoms. The minimum absolute atomic E-state index is 0. The minimum Gasteiger partial charge on any atom is -0.382 e. The van der Waals surface area contributed by atoms with E-state index in [0.29, 0.717) is 21.0 Å². The molecular formula is C52H66BrN12O6PS3. The molecule has 1 aromatic heterocycles. The van der Waals surface area contributed by atoms with Crippen molar-refractivity contribution in [2.75, 3.05) is 89.6 Å². The first-order valence-corrected chi connectivity index (χ1v) is 28.2. The van der Waals surface area contributed by atoms with Crippen LogP contribution in [0.3, 0.4) is 0 Å². The number of non-ortho nitro benzene ring substituents is 2. The summed E-state index contributed by atoms with van der Waals surface area (Å²) in [6.45, 7) is 11.6. The summed E-state index contributed by atoms with van der Waals surface area (Å²) >= 11 is 10.9. The van der Waals surface area contributed by atoms with Crippen molar-refractivity contribution in [2.45, 2.75) is 70.4 Å². The predicted molar refractivity (Wildman–Crippen MR) is 320 cm³/mol. The van der Waals surface area contributed by atoms with Crippen LogP contribution in [0.4, 0.5) is 45.1 Å². The van der Waals surface area contributed by atoms with Gasteiger partial charge in [-0.15, -0.1) is 0 Å². The Kier molecular flexibility index (Phi) is 22.7. The monoisotopic (exact) mass is 1160 g/mol. The minimum atomic E-state index is -0.529. The number of anilines is 6. The molecule has 6 N–H and O–H groups in total. The number of amidine groups is 1. The average molecular weight is 1160 g/mol. The number of thioether (sulfide) groups is 1. The molecule has 1 atom stereocenters. The van der Waals surface area contributed by atoms with Gasteiger partial charge in [0.2, 0.25) is 5.78 Å². The summed E-state index contributed by atoms with van der Waals surface area (Å²) < 4.78 is 0. The normalized spacial score (nSPS) is 16.4. The van der Waals surface area contributed by atoms with E-state index in [4.69, 9.17) is 23.7 Å². The fourth-order valence-corrected chi connectivity index (χ4v) is 11.5. The number of carbonyl (C=O) groups is 2. The molecule has 4 aliphatic rings. The Hall–Kier alpha value is -5.61. The summed E-state index contributed by atoms with van der Waals surface area (Å²) in [6.07, 6.45) is 10.4. The maximum atomic E-state index is 12.9. The third-order valence-electron chi connectivity index (χ3n) is 13.4. The van der Waals surface area contributed by atoms with E-state index in [0.717, 1.165) is 66.7 Å². The van der Waals surface area contributed by atoms with E-state index in [1.54, 1.807) is 6.07 Å². The van der Waals surface area contributed by atoms with Gasteiger partial charge in [0.05, 0.1) is 15.2 Å². The zero-order valence-electron chi connectivity index (χ0n) is 42.1. The Bertz CT molecular complexity index is 2750. The second-order valence-electron chi connectivity index (χ2n) is 18.2. The van der Waals surface area contributed by atoms with Crippen molar-refractivity contribution in [3.8, 4) is 0 Å². The first-order valence-electron chi connectivity index (χ1n) is 24.9. The summed E-state index contributed by atoms with van der Waals surface area (Å²) in [5.41, 5.74) is 16.4. The number of likely N-dealkylation sites (tertiary alicyclic amines) is 2. The van der Waals surface area contributed by atoms with E-state index in [2.05, 4.69) is 92.5 Å². The largest absolute Gasteiger partial charge is 0.382 e. The molecule has 23 heteroatoms. The lowest BCUT2D eigenvalue weighted by molar-refractivity contribution is -0.385. The number of thiazole rings is 1. The van der Waals surface area contributed by atoms with Gasteiger partial charge in [-0.25, -0.2) is 4.98 Å². The number of rotatable bonds is 14. The van der Waals surface area contributed by atoms with Gasteiger partial charge in [-0.05, 0) is 144 Å². The van der Waals surface area contributed by atoms with Crippen molar-refractivity contribution in [3.05, 3.63) is 133 Å². The van der Waals surface area contributed by atoms with Crippen LogP contribution in [0.2, 0.25) is 0 Å². The van der Waals surface area contributed by atoms with Gasteiger partial charge in [0.25, 0.3) is 11.4 Å². The number of carbonyl (C=O) groups excluding carboxylic acids is 2. The Labute approximate surface area is 463 Å². The number of ketones is 2. The number of nitrogen functional groups attached to an aromatic ring is 1. The third kappa shape index (κ3) is 16.9. The molecule has 0 amide bonds. The van der Waals surface area contributed by atoms with E-state index >= 15 is 0 Å². The topological polar surface area (TPSA) is 235 Å². The number of nitro benzene ring substituents is 2. The maximum absolute atomic E-state index is 12.9. The van der Waals surface area contributed by atoms with Crippen molar-refractivity contribution in [3.63, 3.8) is 0 Å². The number of piperidine rings is 2. The van der Waals surface area contributed by atoms with E-state index < -0.39 is 9.85 Å². The Morgan fingerprint density at radius 2 is 1.23 bits per heavy atom. The van der Waals surface area contributed by atoms with E-state index in [1.807, 2.05) is 19.1 Å². The highest BCUT2D eigenvalue weighted by Crippen LogP contribution is 2.32. The van der Waals surface area contributed by atoms with Gasteiger partial charge in [-0.2, -0.15) is 14.9 Å². The number of benzene rings is 4. The highest BCUT2D eigenvalue weighted by Gasteiger charge is 2.28. The first-order chi connectivity index (χ1) is 35.8. The quantitative estimate of drug-likeness (QED) is 0.0118. The van der Waals surface area contributed by atoms with Gasteiger partial charge in [0.1, 0.15) is 10.7 Å². The number of alkyl halides is 1. The average Bonchev–Trinajstić information content (AvgIpc) is 4.24. The summed E-state index contributed by atoms with van der Waals surface area (Å²) in [5.74, 6) is 0.445. The molecule has 0 saturated carbocycles. The molecule has 75 heavy (non-hydrogen) atoms. The molecule has 0 spiro atoms. The molecule has 4 fully saturated rings. The number of hydrogen-bond donors (Lipinski definition) is 4. The molecule has 4 aliphatic heterocycles. The predicted octanol–water partition coefficient (Wildman–Crippen LogP) is 10.4. The van der Waals surface area contributed by atoms with Gasteiger partial charge < -0.3 is 41.7 Å². The van der Waals surface area contributed by atoms with Gasteiger partial charge >= 0.3 is 0 Å². The van der Waals surface area contributed by atoms with Crippen molar-refractivity contribution in [1.29, 1.82) is 0 Å². The van der Waals surface area contributed by atoms with Crippen LogP contribution in [0.25, 0.3) is 0 Å². The summed E-state index contributed by atoms with van der Waals surface area (Å²) in [5, 5.41) is 29.3. The Morgan fingerprint density at radius 1 is 0.760 bits per heavy atom. The molecule has 1 unspecified atom stereocenters. The summed E-state index contributed by atoms with van der Waals surface area (Å²) in [7, 11) is 0. The van der Waals surface area contributed by atoms with Crippen molar-refractivity contribution in [2.24, 2.45) is 10.7 Å². The second-order valence-corrected chi connectivity index (χ2v) is 21.4. The number of hydrogen-bond acceptors (Lipinski definition) is 16. The number of nitrogens with zero attached hydrogens (tertiary/aromatic N) is 8. The molecule has 4 aromatic carbocycles. The molecule has 18 nitrogen and oxygen atoms in total. The second kappa shape index (κ2) is 29.1. The SMILES string of the molecule is CCSC(N)=NC(=S)Nc1ccc(N2CCC(N3CCCC3)CC2)cc1.Nc1nc(Nc2ccc(N3CCC(N4CCCC4)CC3)cc2)sc1C(=O)c1cccc([N+](=O)[O-])c1.O=C(CBr)c1cccc([N+](=O)[O-])c1.P. The van der Waals surface area contributed by atoms with Crippen LogP contribution in [0.5, 0.6) is 0 Å². The van der Waals surface area contributed by atoms with E-state index in [-0.39, 0.29) is 54.4 Å². The van der Waals surface area contributed by atoms with Crippen molar-refractivity contribution < 1.29 is 19.4 Å². The van der Waals surface area contributed by atoms with Crippen LogP contribution in [-0.2, 0) is 0 Å². The number of aliphatic imine (C=N–C) groups is 1. The Morgan fingerprint density at radius 3 is 1.69 bits per heavy atom. The third-order valence-corrected chi connectivity index (χ3v) is 15.8. The highest BCUT2D eigenvalue weighted by molar-refractivity contribution is 9.09.